The summed E-state index contributed by atoms with van der Waals surface area (Å²) in [5.74, 6) is 0. The Morgan fingerprint density at radius 1 is 1.12 bits per heavy atom. The van der Waals surface area contributed by atoms with Crippen LogP contribution in [0.3, 0.4) is 0 Å². The number of rotatable bonds is 7. The molecule has 2 rings (SSSR count). The van der Waals surface area contributed by atoms with Gasteiger partial charge in [0.15, 0.2) is 5.15 Å². The van der Waals surface area contributed by atoms with Crippen molar-refractivity contribution in [2.24, 2.45) is 0 Å². The van der Waals surface area contributed by atoms with Gasteiger partial charge in [-0.15, -0.1) is 5.10 Å². The Morgan fingerprint density at radius 3 is 2.50 bits per heavy atom. The zero-order valence-corrected chi connectivity index (χ0v) is 14.5. The van der Waals surface area contributed by atoms with Crippen LogP contribution in [0.5, 0.6) is 0 Å². The second kappa shape index (κ2) is 8.62. The van der Waals surface area contributed by atoms with Crippen molar-refractivity contribution >= 4 is 23.2 Å². The first-order valence-corrected chi connectivity index (χ1v) is 8.15. The third kappa shape index (κ3) is 4.80. The van der Waals surface area contributed by atoms with Gasteiger partial charge in [0, 0.05) is 42.1 Å². The Morgan fingerprint density at radius 2 is 1.88 bits per heavy atom. The van der Waals surface area contributed by atoms with E-state index in [0.29, 0.717) is 27.5 Å². The van der Waals surface area contributed by atoms with E-state index < -0.39 is 19.0 Å². The number of nitrogens with zero attached hydrogens (tertiary/aromatic N) is 3. The van der Waals surface area contributed by atoms with Crippen molar-refractivity contribution in [2.75, 3.05) is 6.67 Å². The summed E-state index contributed by atoms with van der Waals surface area (Å²) in [5, 5.41) is 8.12. The predicted octanol–water partition coefficient (Wildman–Crippen LogP) is 5.12. The average molecular weight is 378 g/mol. The molecule has 2 heterocycles. The molecule has 0 aliphatic rings. The number of aryl methyl sites for hydroxylation is 1. The van der Waals surface area contributed by atoms with Gasteiger partial charge in [0.1, 0.15) is 17.5 Å². The maximum Gasteiger partial charge on any atom is 0.155 e. The number of hydrogen-bond acceptors (Lipinski definition) is 3. The number of halogens is 5. The van der Waals surface area contributed by atoms with Gasteiger partial charge in [0.05, 0.1) is 12.4 Å². The zero-order valence-electron chi connectivity index (χ0n) is 12.9. The molecule has 0 fully saturated rings. The quantitative estimate of drug-likeness (QED) is 0.628. The average Bonchev–Trinajstić information content (AvgIpc) is 2.52. The van der Waals surface area contributed by atoms with Crippen LogP contribution in [0.25, 0.3) is 11.1 Å². The second-order valence-corrected chi connectivity index (χ2v) is 6.16. The van der Waals surface area contributed by atoms with Gasteiger partial charge in [-0.05, 0) is 19.1 Å². The smallest absolute Gasteiger partial charge is 0.155 e. The van der Waals surface area contributed by atoms with Crippen LogP contribution in [0, 0.1) is 6.92 Å². The van der Waals surface area contributed by atoms with E-state index in [9.17, 15) is 13.2 Å². The summed E-state index contributed by atoms with van der Waals surface area (Å²) in [7, 11) is 0. The van der Waals surface area contributed by atoms with Crippen molar-refractivity contribution in [3.05, 3.63) is 39.9 Å². The fourth-order valence-corrected chi connectivity index (χ4v) is 2.78. The van der Waals surface area contributed by atoms with Gasteiger partial charge >= 0.3 is 0 Å². The third-order valence-electron chi connectivity index (χ3n) is 3.58. The van der Waals surface area contributed by atoms with E-state index in [1.54, 1.807) is 19.1 Å². The molecule has 3 nitrogen and oxygen atoms in total. The van der Waals surface area contributed by atoms with Gasteiger partial charge < -0.3 is 0 Å². The lowest BCUT2D eigenvalue weighted by Gasteiger charge is -2.16. The Labute approximate surface area is 148 Å². The molecule has 0 aliphatic heterocycles. The molecule has 2 atom stereocenters. The van der Waals surface area contributed by atoms with Gasteiger partial charge in [0.2, 0.25) is 0 Å². The van der Waals surface area contributed by atoms with E-state index in [1.165, 1.54) is 6.20 Å². The highest BCUT2D eigenvalue weighted by Crippen LogP contribution is 2.32. The maximum atomic E-state index is 14.2. The van der Waals surface area contributed by atoms with Crippen LogP contribution < -0.4 is 0 Å². The van der Waals surface area contributed by atoms with Gasteiger partial charge in [-0.1, -0.05) is 23.2 Å². The van der Waals surface area contributed by atoms with Crippen molar-refractivity contribution in [1.29, 1.82) is 0 Å². The summed E-state index contributed by atoms with van der Waals surface area (Å²) in [4.78, 5) is 4.00. The van der Waals surface area contributed by atoms with Crippen LogP contribution >= 0.6 is 23.2 Å². The number of aromatic nitrogens is 3. The van der Waals surface area contributed by atoms with Crippen LogP contribution in [-0.4, -0.2) is 34.2 Å². The summed E-state index contributed by atoms with van der Waals surface area (Å²) in [6, 6.07) is 3.31. The Bertz CT molecular complexity index is 683. The predicted molar refractivity (Wildman–Crippen MR) is 88.7 cm³/mol. The van der Waals surface area contributed by atoms with Crippen LogP contribution in [0.4, 0.5) is 13.2 Å². The fraction of sp³-hybridized carbons (Fsp3) is 0.438. The summed E-state index contributed by atoms with van der Waals surface area (Å²) in [5.41, 5.74) is 2.23. The lowest BCUT2D eigenvalue weighted by atomic mass is 9.96. The van der Waals surface area contributed by atoms with Crippen LogP contribution in [0.2, 0.25) is 10.3 Å². The first kappa shape index (κ1) is 18.9. The Hall–Kier alpha value is -1.40. The van der Waals surface area contributed by atoms with Crippen molar-refractivity contribution in [3.63, 3.8) is 0 Å². The van der Waals surface area contributed by atoms with E-state index in [2.05, 4.69) is 15.2 Å². The molecule has 8 heteroatoms. The first-order chi connectivity index (χ1) is 11.4. The minimum Gasteiger partial charge on any atom is -0.251 e. The van der Waals surface area contributed by atoms with Gasteiger partial charge in [-0.3, -0.25) is 4.39 Å². The largest absolute Gasteiger partial charge is 0.251 e. The molecule has 2 aromatic rings. The zero-order chi connectivity index (χ0) is 17.7. The third-order valence-corrected chi connectivity index (χ3v) is 4.10. The number of alkyl halides is 3. The lowest BCUT2D eigenvalue weighted by molar-refractivity contribution is 0.198. The Balaban J connectivity index is 2.32. The maximum absolute atomic E-state index is 14.2. The molecule has 0 saturated heterocycles. The van der Waals surface area contributed by atoms with E-state index >= 15 is 0 Å². The van der Waals surface area contributed by atoms with Gasteiger partial charge in [0.25, 0.3) is 0 Å². The molecule has 2 aromatic heterocycles. The molecular weight excluding hydrogens is 362 g/mol. The topological polar surface area (TPSA) is 38.7 Å². The molecule has 0 bridgehead atoms. The number of hydrogen-bond donors (Lipinski definition) is 0. The van der Waals surface area contributed by atoms with E-state index in [1.807, 2.05) is 0 Å². The highest BCUT2D eigenvalue weighted by Gasteiger charge is 2.22. The highest BCUT2D eigenvalue weighted by molar-refractivity contribution is 6.30. The minimum atomic E-state index is -1.53. The standard InChI is InChI=1S/C16H16Cl2F3N3/c1-9-15(10-2-3-14(17)22-8-10)13(16(18)24-23-9)7-12(21)6-11(20)4-5-19/h2-3,8,11-12H,4-7H2,1H3. The van der Waals surface area contributed by atoms with Crippen LogP contribution in [0.15, 0.2) is 18.3 Å². The van der Waals surface area contributed by atoms with Crippen molar-refractivity contribution in [3.8, 4) is 11.1 Å². The minimum absolute atomic E-state index is 0.0501. The van der Waals surface area contributed by atoms with E-state index in [0.717, 1.165) is 0 Å². The van der Waals surface area contributed by atoms with Crippen LogP contribution in [0.1, 0.15) is 24.1 Å². The van der Waals surface area contributed by atoms with Gasteiger partial charge in [-0.2, -0.15) is 5.10 Å². The van der Waals surface area contributed by atoms with E-state index in [-0.39, 0.29) is 24.4 Å². The summed E-state index contributed by atoms with van der Waals surface area (Å²) in [6.45, 7) is 0.900. The summed E-state index contributed by atoms with van der Waals surface area (Å²) in [6.07, 6.45) is -2.34. The summed E-state index contributed by atoms with van der Waals surface area (Å²) >= 11 is 11.9. The summed E-state index contributed by atoms with van der Waals surface area (Å²) < 4.78 is 39.8. The molecular formula is C16H16Cl2F3N3. The van der Waals surface area contributed by atoms with Crippen molar-refractivity contribution < 1.29 is 13.2 Å². The molecule has 24 heavy (non-hydrogen) atoms. The first-order valence-electron chi connectivity index (χ1n) is 7.40. The molecule has 0 amide bonds. The fourth-order valence-electron chi connectivity index (χ4n) is 2.46. The molecule has 0 aromatic carbocycles. The Kier molecular flexibility index (Phi) is 6.80. The molecule has 0 saturated carbocycles. The molecule has 0 N–H and O–H groups in total. The van der Waals surface area contributed by atoms with Crippen molar-refractivity contribution in [1.82, 2.24) is 15.2 Å². The molecule has 0 radical (unpaired) electrons. The number of pyridine rings is 1. The van der Waals surface area contributed by atoms with Crippen LogP contribution in [-0.2, 0) is 6.42 Å². The molecule has 0 spiro atoms. The monoisotopic (exact) mass is 377 g/mol. The SMILES string of the molecule is Cc1nnc(Cl)c(CC(F)CC(F)CCF)c1-c1ccc(Cl)nc1. The normalized spacial score (nSPS) is 13.8. The molecule has 0 aliphatic carbocycles. The highest BCUT2D eigenvalue weighted by atomic mass is 35.5. The molecule has 2 unspecified atom stereocenters. The van der Waals surface area contributed by atoms with Gasteiger partial charge in [-0.25, -0.2) is 13.8 Å². The van der Waals surface area contributed by atoms with E-state index in [4.69, 9.17) is 23.2 Å². The molecule has 130 valence electrons. The lowest BCUT2D eigenvalue weighted by Crippen LogP contribution is -2.15. The second-order valence-electron chi connectivity index (χ2n) is 5.41. The van der Waals surface area contributed by atoms with Crippen molar-refractivity contribution in [2.45, 2.75) is 38.5 Å².